The van der Waals surface area contributed by atoms with Crippen LogP contribution in [0.3, 0.4) is 0 Å². The highest BCUT2D eigenvalue weighted by atomic mass is 32.2. The Bertz CT molecular complexity index is 1180. The summed E-state index contributed by atoms with van der Waals surface area (Å²) in [5.41, 5.74) is 1.26. The highest BCUT2D eigenvalue weighted by Gasteiger charge is 2.45. The molecule has 1 aliphatic carbocycles. The summed E-state index contributed by atoms with van der Waals surface area (Å²) in [5, 5.41) is 0. The first-order valence-corrected chi connectivity index (χ1v) is 12.2. The Morgan fingerprint density at radius 1 is 1.31 bits per heavy atom. The van der Waals surface area contributed by atoms with E-state index in [0.717, 1.165) is 37.3 Å². The van der Waals surface area contributed by atoms with Crippen molar-refractivity contribution in [3.8, 4) is 5.75 Å². The van der Waals surface area contributed by atoms with E-state index in [4.69, 9.17) is 9.47 Å². The van der Waals surface area contributed by atoms with Crippen LogP contribution in [-0.2, 0) is 14.8 Å². The van der Waals surface area contributed by atoms with Gasteiger partial charge in [-0.15, -0.1) is 0 Å². The fraction of sp³-hybridized carbons (Fsp3) is 0.375. The SMILES string of the molecule is CCCC/C=C\c1cc(F)ccc1S(=O)(=O)Nc1ccc2c(c1C(=O)OC)OCC1CC21. The van der Waals surface area contributed by atoms with Crippen molar-refractivity contribution < 1.29 is 27.1 Å². The maximum absolute atomic E-state index is 13.9. The third kappa shape index (κ3) is 4.37. The second kappa shape index (κ2) is 8.94. The van der Waals surface area contributed by atoms with Crippen LogP contribution in [0.15, 0.2) is 41.3 Å². The molecule has 2 unspecified atom stereocenters. The predicted octanol–water partition coefficient (Wildman–Crippen LogP) is 5.11. The minimum Gasteiger partial charge on any atom is -0.492 e. The smallest absolute Gasteiger partial charge is 0.343 e. The quantitative estimate of drug-likeness (QED) is 0.438. The van der Waals surface area contributed by atoms with Gasteiger partial charge in [0.05, 0.1) is 24.3 Å². The third-order valence-corrected chi connectivity index (χ3v) is 7.31. The molecule has 4 rings (SSSR count). The number of hydrogen-bond donors (Lipinski definition) is 1. The fourth-order valence-electron chi connectivity index (χ4n) is 4.07. The van der Waals surface area contributed by atoms with E-state index in [1.165, 1.54) is 19.2 Å². The molecule has 0 bridgehead atoms. The molecule has 170 valence electrons. The molecule has 1 saturated carbocycles. The van der Waals surface area contributed by atoms with Crippen LogP contribution in [0.5, 0.6) is 5.75 Å². The molecule has 2 aromatic rings. The van der Waals surface area contributed by atoms with Crippen LogP contribution in [0.25, 0.3) is 6.08 Å². The first-order chi connectivity index (χ1) is 15.4. The molecule has 6 nitrogen and oxygen atoms in total. The van der Waals surface area contributed by atoms with Gasteiger partial charge in [-0.05, 0) is 54.2 Å². The summed E-state index contributed by atoms with van der Waals surface area (Å²) >= 11 is 0. The zero-order chi connectivity index (χ0) is 22.9. The number of allylic oxidation sites excluding steroid dienone is 1. The number of ether oxygens (including phenoxy) is 2. The Balaban J connectivity index is 1.72. The van der Waals surface area contributed by atoms with Gasteiger partial charge in [0.25, 0.3) is 10.0 Å². The van der Waals surface area contributed by atoms with Crippen LogP contribution in [0, 0.1) is 11.7 Å². The molecule has 32 heavy (non-hydrogen) atoms. The number of nitrogens with one attached hydrogen (secondary N) is 1. The minimum absolute atomic E-state index is 0.0566. The van der Waals surface area contributed by atoms with Gasteiger partial charge in [0.1, 0.15) is 17.1 Å². The number of hydrogen-bond acceptors (Lipinski definition) is 5. The molecule has 1 fully saturated rings. The van der Waals surface area contributed by atoms with E-state index >= 15 is 0 Å². The normalized spacial score (nSPS) is 19.1. The molecular formula is C24H26FNO5S. The van der Waals surface area contributed by atoms with Gasteiger partial charge in [-0.2, -0.15) is 0 Å². The maximum atomic E-state index is 13.9. The monoisotopic (exact) mass is 459 g/mol. The van der Waals surface area contributed by atoms with E-state index in [0.29, 0.717) is 24.2 Å². The van der Waals surface area contributed by atoms with Crippen LogP contribution < -0.4 is 9.46 Å². The molecular weight excluding hydrogens is 433 g/mol. The number of carbonyl (C=O) groups excluding carboxylic acids is 1. The minimum atomic E-state index is -4.13. The Morgan fingerprint density at radius 2 is 2.12 bits per heavy atom. The van der Waals surface area contributed by atoms with Gasteiger partial charge in [-0.25, -0.2) is 17.6 Å². The molecule has 8 heteroatoms. The Kier molecular flexibility index (Phi) is 6.24. The van der Waals surface area contributed by atoms with E-state index in [9.17, 15) is 17.6 Å². The number of rotatable bonds is 8. The number of methoxy groups -OCH3 is 1. The lowest BCUT2D eigenvalue weighted by Gasteiger charge is -2.22. The summed E-state index contributed by atoms with van der Waals surface area (Å²) in [4.78, 5) is 12.5. The molecule has 1 N–H and O–H groups in total. The van der Waals surface area contributed by atoms with Crippen molar-refractivity contribution in [1.29, 1.82) is 0 Å². The van der Waals surface area contributed by atoms with Crippen molar-refractivity contribution in [3.05, 3.63) is 58.9 Å². The molecule has 0 spiro atoms. The largest absolute Gasteiger partial charge is 0.492 e. The first-order valence-electron chi connectivity index (χ1n) is 10.7. The molecule has 0 radical (unpaired) electrons. The Hall–Kier alpha value is -2.87. The zero-order valence-electron chi connectivity index (χ0n) is 18.1. The summed E-state index contributed by atoms with van der Waals surface area (Å²) in [7, 11) is -2.89. The maximum Gasteiger partial charge on any atom is 0.343 e. The molecule has 1 aliphatic heterocycles. The van der Waals surface area contributed by atoms with E-state index in [1.807, 2.05) is 6.08 Å². The van der Waals surface area contributed by atoms with Gasteiger partial charge < -0.3 is 9.47 Å². The van der Waals surface area contributed by atoms with Crippen LogP contribution in [0.1, 0.15) is 60.0 Å². The fourth-order valence-corrected chi connectivity index (χ4v) is 5.32. The molecule has 1 heterocycles. The molecule has 0 saturated heterocycles. The third-order valence-electron chi connectivity index (χ3n) is 5.87. The van der Waals surface area contributed by atoms with Gasteiger partial charge in [-0.1, -0.05) is 38.0 Å². The number of halogens is 1. The summed E-state index contributed by atoms with van der Waals surface area (Å²) < 4.78 is 53.6. The highest BCUT2D eigenvalue weighted by Crippen LogP contribution is 2.55. The number of anilines is 1. The average Bonchev–Trinajstić information content (AvgIpc) is 3.56. The molecule has 0 amide bonds. The summed E-state index contributed by atoms with van der Waals surface area (Å²) in [6.07, 6.45) is 7.14. The lowest BCUT2D eigenvalue weighted by molar-refractivity contribution is 0.0596. The topological polar surface area (TPSA) is 81.7 Å². The lowest BCUT2D eigenvalue weighted by Crippen LogP contribution is -2.20. The lowest BCUT2D eigenvalue weighted by atomic mass is 10.0. The zero-order valence-corrected chi connectivity index (χ0v) is 18.9. The second-order valence-electron chi connectivity index (χ2n) is 8.14. The summed E-state index contributed by atoms with van der Waals surface area (Å²) in [6, 6.07) is 6.86. The van der Waals surface area contributed by atoms with E-state index < -0.39 is 21.8 Å². The molecule has 2 atom stereocenters. The van der Waals surface area contributed by atoms with Gasteiger partial charge in [0, 0.05) is 5.92 Å². The molecule has 2 aromatic carbocycles. The Morgan fingerprint density at radius 3 is 2.88 bits per heavy atom. The standard InChI is InChI=1S/C24H26FNO5S/c1-3-4-5-6-7-15-12-17(25)8-11-21(15)32(28,29)26-20-10-9-18-19-13-16(19)14-31-23(18)22(20)24(27)30-2/h6-12,16,19,26H,3-5,13-14H2,1-2H3/b7-6-. The number of esters is 1. The molecule has 2 aliphatic rings. The van der Waals surface area contributed by atoms with Crippen molar-refractivity contribution in [2.45, 2.75) is 43.4 Å². The first kappa shape index (κ1) is 22.3. The highest BCUT2D eigenvalue weighted by molar-refractivity contribution is 7.92. The van der Waals surface area contributed by atoms with Crippen LogP contribution in [0.4, 0.5) is 10.1 Å². The predicted molar refractivity (Wildman–Crippen MR) is 120 cm³/mol. The van der Waals surface area contributed by atoms with Crippen molar-refractivity contribution in [1.82, 2.24) is 0 Å². The van der Waals surface area contributed by atoms with Crippen molar-refractivity contribution >= 4 is 27.8 Å². The van der Waals surface area contributed by atoms with Gasteiger partial charge >= 0.3 is 5.97 Å². The number of sulfonamides is 1. The summed E-state index contributed by atoms with van der Waals surface area (Å²) in [6.45, 7) is 2.54. The summed E-state index contributed by atoms with van der Waals surface area (Å²) in [5.74, 6) is -0.0795. The number of benzene rings is 2. The van der Waals surface area contributed by atoms with Gasteiger partial charge in [0.15, 0.2) is 0 Å². The van der Waals surface area contributed by atoms with Crippen molar-refractivity contribution in [3.63, 3.8) is 0 Å². The van der Waals surface area contributed by atoms with Gasteiger partial charge in [0.2, 0.25) is 0 Å². The van der Waals surface area contributed by atoms with Crippen LogP contribution in [0.2, 0.25) is 0 Å². The second-order valence-corrected chi connectivity index (χ2v) is 9.79. The van der Waals surface area contributed by atoms with Crippen LogP contribution in [-0.4, -0.2) is 28.1 Å². The van der Waals surface area contributed by atoms with E-state index in [1.54, 1.807) is 18.2 Å². The van der Waals surface area contributed by atoms with Crippen LogP contribution >= 0.6 is 0 Å². The number of fused-ring (bicyclic) bond motifs is 3. The Labute approximate surface area is 187 Å². The van der Waals surface area contributed by atoms with Crippen molar-refractivity contribution in [2.75, 3.05) is 18.4 Å². The van der Waals surface area contributed by atoms with Gasteiger partial charge in [-0.3, -0.25) is 4.72 Å². The average molecular weight is 460 g/mol. The van der Waals surface area contributed by atoms with Crippen molar-refractivity contribution in [2.24, 2.45) is 5.92 Å². The number of unbranched alkanes of at least 4 members (excludes halogenated alkanes) is 2. The number of carbonyl (C=O) groups is 1. The van der Waals surface area contributed by atoms with E-state index in [2.05, 4.69) is 11.6 Å². The van der Waals surface area contributed by atoms with E-state index in [-0.39, 0.29) is 21.7 Å². The molecule has 0 aromatic heterocycles.